The van der Waals surface area contributed by atoms with Crippen LogP contribution in [0.3, 0.4) is 0 Å². The largest absolute Gasteiger partial charge is 0.354 e. The molecule has 4 nitrogen and oxygen atoms in total. The molecule has 2 aromatic rings. The summed E-state index contributed by atoms with van der Waals surface area (Å²) in [4.78, 5) is 8.50. The highest BCUT2D eigenvalue weighted by Gasteiger charge is 2.05. The maximum atomic E-state index is 6.10. The van der Waals surface area contributed by atoms with Crippen LogP contribution < -0.4 is 10.6 Å². The van der Waals surface area contributed by atoms with Crippen molar-refractivity contribution in [2.24, 2.45) is 0 Å². The van der Waals surface area contributed by atoms with E-state index in [1.807, 2.05) is 31.2 Å². The third-order valence-corrected chi connectivity index (χ3v) is 2.87. The molecule has 0 atom stereocenters. The van der Waals surface area contributed by atoms with Gasteiger partial charge in [-0.05, 0) is 25.5 Å². The number of rotatable bonds is 5. The van der Waals surface area contributed by atoms with E-state index >= 15 is 0 Å². The van der Waals surface area contributed by atoms with Gasteiger partial charge in [0.2, 0.25) is 5.95 Å². The van der Waals surface area contributed by atoms with Crippen molar-refractivity contribution in [3.8, 4) is 0 Å². The zero-order chi connectivity index (χ0) is 13.7. The second kappa shape index (κ2) is 6.38. The van der Waals surface area contributed by atoms with Gasteiger partial charge in [-0.25, -0.2) is 4.98 Å². The summed E-state index contributed by atoms with van der Waals surface area (Å²) in [5, 5.41) is 6.83. The average molecular weight is 277 g/mol. The van der Waals surface area contributed by atoms with Gasteiger partial charge in [-0.2, -0.15) is 4.98 Å². The standard InChI is InChI=1S/C14H17ClN4/c1-3-8-16-14-17-9-12(15)13(19-14)18-11-6-4-10(2)5-7-11/h4-7,9H,3,8H2,1-2H3,(H2,16,17,18,19). The Labute approximate surface area is 118 Å². The Morgan fingerprint density at radius 2 is 1.95 bits per heavy atom. The summed E-state index contributed by atoms with van der Waals surface area (Å²) in [5.41, 5.74) is 2.16. The van der Waals surface area contributed by atoms with Crippen LogP contribution in [0.2, 0.25) is 5.02 Å². The minimum absolute atomic E-state index is 0.502. The topological polar surface area (TPSA) is 49.8 Å². The fourth-order valence-corrected chi connectivity index (χ4v) is 1.69. The molecular formula is C14H17ClN4. The van der Waals surface area contributed by atoms with Gasteiger partial charge in [0.25, 0.3) is 0 Å². The molecule has 2 N–H and O–H groups in total. The first-order chi connectivity index (χ1) is 9.19. The third-order valence-electron chi connectivity index (χ3n) is 2.59. The average Bonchev–Trinajstić information content (AvgIpc) is 2.42. The molecule has 0 amide bonds. The lowest BCUT2D eigenvalue weighted by atomic mass is 10.2. The lowest BCUT2D eigenvalue weighted by molar-refractivity contribution is 0.953. The smallest absolute Gasteiger partial charge is 0.224 e. The van der Waals surface area contributed by atoms with Crippen molar-refractivity contribution in [1.82, 2.24) is 9.97 Å². The zero-order valence-corrected chi connectivity index (χ0v) is 11.8. The first kappa shape index (κ1) is 13.6. The van der Waals surface area contributed by atoms with Crippen molar-refractivity contribution in [2.45, 2.75) is 20.3 Å². The number of hydrogen-bond donors (Lipinski definition) is 2. The predicted octanol–water partition coefficient (Wildman–Crippen LogP) is 4.00. The van der Waals surface area contributed by atoms with E-state index in [9.17, 15) is 0 Å². The van der Waals surface area contributed by atoms with Gasteiger partial charge in [0.15, 0.2) is 5.82 Å². The maximum Gasteiger partial charge on any atom is 0.224 e. The van der Waals surface area contributed by atoms with Crippen LogP contribution in [0.25, 0.3) is 0 Å². The predicted molar refractivity (Wildman–Crippen MR) is 80.3 cm³/mol. The van der Waals surface area contributed by atoms with Crippen molar-refractivity contribution in [2.75, 3.05) is 17.2 Å². The Kier molecular flexibility index (Phi) is 4.58. The van der Waals surface area contributed by atoms with Crippen molar-refractivity contribution >= 4 is 29.1 Å². The van der Waals surface area contributed by atoms with E-state index in [0.717, 1.165) is 18.7 Å². The number of halogens is 1. The molecule has 1 heterocycles. The Morgan fingerprint density at radius 3 is 2.63 bits per heavy atom. The fourth-order valence-electron chi connectivity index (χ4n) is 1.55. The normalized spacial score (nSPS) is 10.3. The molecule has 0 spiro atoms. The van der Waals surface area contributed by atoms with Crippen LogP contribution >= 0.6 is 11.6 Å². The SMILES string of the molecule is CCCNc1ncc(Cl)c(Nc2ccc(C)cc2)n1. The summed E-state index contributed by atoms with van der Waals surface area (Å²) < 4.78 is 0. The molecule has 19 heavy (non-hydrogen) atoms. The highest BCUT2D eigenvalue weighted by atomic mass is 35.5. The number of aryl methyl sites for hydroxylation is 1. The number of aromatic nitrogens is 2. The molecule has 0 fully saturated rings. The van der Waals surface area contributed by atoms with Gasteiger partial charge in [0.1, 0.15) is 5.02 Å². The van der Waals surface area contributed by atoms with E-state index in [2.05, 4.69) is 27.5 Å². The van der Waals surface area contributed by atoms with Gasteiger partial charge < -0.3 is 10.6 Å². The van der Waals surface area contributed by atoms with Crippen LogP contribution in [-0.4, -0.2) is 16.5 Å². The lowest BCUT2D eigenvalue weighted by Crippen LogP contribution is -2.06. The Balaban J connectivity index is 2.16. The second-order valence-electron chi connectivity index (χ2n) is 4.31. The van der Waals surface area contributed by atoms with Crippen LogP contribution in [-0.2, 0) is 0 Å². The molecule has 0 aliphatic rings. The van der Waals surface area contributed by atoms with E-state index in [1.165, 1.54) is 5.56 Å². The third kappa shape index (κ3) is 3.83. The van der Waals surface area contributed by atoms with Crippen LogP contribution in [0.15, 0.2) is 30.5 Å². The summed E-state index contributed by atoms with van der Waals surface area (Å²) in [7, 11) is 0. The zero-order valence-electron chi connectivity index (χ0n) is 11.1. The van der Waals surface area contributed by atoms with Crippen LogP contribution in [0, 0.1) is 6.92 Å². The quantitative estimate of drug-likeness (QED) is 0.866. The van der Waals surface area contributed by atoms with Crippen LogP contribution in [0.1, 0.15) is 18.9 Å². The molecule has 5 heteroatoms. The molecule has 1 aromatic heterocycles. The molecule has 0 saturated carbocycles. The molecule has 0 unspecified atom stereocenters. The molecule has 0 aliphatic heterocycles. The molecule has 1 aromatic carbocycles. The van der Waals surface area contributed by atoms with E-state index in [0.29, 0.717) is 16.8 Å². The van der Waals surface area contributed by atoms with E-state index in [-0.39, 0.29) is 0 Å². The minimum atomic E-state index is 0.502. The molecule has 0 bridgehead atoms. The Hall–Kier alpha value is -1.81. The van der Waals surface area contributed by atoms with E-state index in [4.69, 9.17) is 11.6 Å². The number of hydrogen-bond acceptors (Lipinski definition) is 4. The number of anilines is 3. The molecule has 0 radical (unpaired) electrons. The summed E-state index contributed by atoms with van der Waals surface area (Å²) >= 11 is 6.10. The summed E-state index contributed by atoms with van der Waals surface area (Å²) in [6.45, 7) is 4.98. The fraction of sp³-hybridized carbons (Fsp3) is 0.286. The molecular weight excluding hydrogens is 260 g/mol. The molecule has 100 valence electrons. The van der Waals surface area contributed by atoms with Gasteiger partial charge in [0, 0.05) is 12.2 Å². The van der Waals surface area contributed by atoms with Crippen LogP contribution in [0.5, 0.6) is 0 Å². The number of nitrogens with zero attached hydrogens (tertiary/aromatic N) is 2. The molecule has 2 rings (SSSR count). The Bertz CT molecular complexity index is 540. The maximum absolute atomic E-state index is 6.10. The van der Waals surface area contributed by atoms with Gasteiger partial charge in [-0.15, -0.1) is 0 Å². The monoisotopic (exact) mass is 276 g/mol. The Morgan fingerprint density at radius 1 is 1.21 bits per heavy atom. The minimum Gasteiger partial charge on any atom is -0.354 e. The first-order valence-corrected chi connectivity index (χ1v) is 6.67. The summed E-state index contributed by atoms with van der Waals surface area (Å²) in [6.07, 6.45) is 2.62. The van der Waals surface area contributed by atoms with Gasteiger partial charge in [0.05, 0.1) is 6.20 Å². The second-order valence-corrected chi connectivity index (χ2v) is 4.72. The molecule has 0 saturated heterocycles. The van der Waals surface area contributed by atoms with Gasteiger partial charge in [-0.3, -0.25) is 0 Å². The van der Waals surface area contributed by atoms with Gasteiger partial charge in [-0.1, -0.05) is 36.2 Å². The summed E-state index contributed by atoms with van der Waals surface area (Å²) in [5.74, 6) is 1.19. The van der Waals surface area contributed by atoms with Crippen molar-refractivity contribution in [3.63, 3.8) is 0 Å². The van der Waals surface area contributed by atoms with Gasteiger partial charge >= 0.3 is 0 Å². The number of nitrogens with one attached hydrogen (secondary N) is 2. The van der Waals surface area contributed by atoms with E-state index < -0.39 is 0 Å². The van der Waals surface area contributed by atoms with E-state index in [1.54, 1.807) is 6.20 Å². The summed E-state index contributed by atoms with van der Waals surface area (Å²) in [6, 6.07) is 8.06. The first-order valence-electron chi connectivity index (χ1n) is 6.29. The highest BCUT2D eigenvalue weighted by Crippen LogP contribution is 2.23. The van der Waals surface area contributed by atoms with Crippen LogP contribution in [0.4, 0.5) is 17.5 Å². The van der Waals surface area contributed by atoms with Crippen molar-refractivity contribution in [3.05, 3.63) is 41.0 Å². The molecule has 0 aliphatic carbocycles. The van der Waals surface area contributed by atoms with Crippen molar-refractivity contribution in [1.29, 1.82) is 0 Å². The lowest BCUT2D eigenvalue weighted by Gasteiger charge is -2.09. The highest BCUT2D eigenvalue weighted by molar-refractivity contribution is 6.32. The van der Waals surface area contributed by atoms with Crippen molar-refractivity contribution < 1.29 is 0 Å². The number of benzene rings is 1.